The molecule has 290 valence electrons. The average Bonchev–Trinajstić information content (AvgIpc) is 4.07. The van der Waals surface area contributed by atoms with Crippen molar-refractivity contribution in [2.24, 2.45) is 11.8 Å². The fourth-order valence-electron chi connectivity index (χ4n) is 8.99. The monoisotopic (exact) mass is 752 g/mol. The van der Waals surface area contributed by atoms with Crippen LogP contribution in [0.5, 0.6) is 0 Å². The molecule has 4 aromatic carbocycles. The van der Waals surface area contributed by atoms with Crippen LogP contribution in [0.1, 0.15) is 75.1 Å². The molecule has 0 amide bonds. The van der Waals surface area contributed by atoms with Crippen LogP contribution in [0.25, 0.3) is 44.4 Å². The molecule has 10 nitrogen and oxygen atoms in total. The van der Waals surface area contributed by atoms with Crippen molar-refractivity contribution >= 4 is 16.6 Å². The van der Waals surface area contributed by atoms with Gasteiger partial charge in [0.05, 0.1) is 35.9 Å². The summed E-state index contributed by atoms with van der Waals surface area (Å²) >= 11 is 0. The maximum Gasteiger partial charge on any atom is 0.213 e. The van der Waals surface area contributed by atoms with Gasteiger partial charge in [0.25, 0.3) is 0 Å². The van der Waals surface area contributed by atoms with E-state index in [1.807, 2.05) is 56.6 Å². The Kier molecular flexibility index (Phi) is 11.3. The van der Waals surface area contributed by atoms with Gasteiger partial charge >= 0.3 is 0 Å². The topological polar surface area (TPSA) is 139 Å². The van der Waals surface area contributed by atoms with Crippen LogP contribution >= 0.6 is 0 Å². The number of carbonyl (C=O) groups excluding carboxylic acids is 1. The molecular weight excluding hydrogens is 701 g/mol. The second-order valence-electron chi connectivity index (χ2n) is 15.8. The molecule has 2 aromatic heterocycles. The minimum atomic E-state index is -1.16. The minimum Gasteiger partial charge on any atom is -0.377 e. The van der Waals surface area contributed by atoms with Crippen LogP contribution in [-0.2, 0) is 16.0 Å². The van der Waals surface area contributed by atoms with E-state index in [0.717, 1.165) is 100 Å². The van der Waals surface area contributed by atoms with E-state index < -0.39 is 12.6 Å². The first-order chi connectivity index (χ1) is 27.3. The summed E-state index contributed by atoms with van der Waals surface area (Å²) in [6.45, 7) is 4.76. The summed E-state index contributed by atoms with van der Waals surface area (Å²) < 4.78 is 5.01. The normalized spacial score (nSPS) is 20.5. The zero-order valence-corrected chi connectivity index (χ0v) is 32.4. The Balaban J connectivity index is 0.994. The fourth-order valence-corrected chi connectivity index (χ4v) is 8.99. The van der Waals surface area contributed by atoms with Crippen molar-refractivity contribution < 1.29 is 19.7 Å². The molecule has 2 aliphatic rings. The Hall–Kier alpha value is -4.97. The molecule has 6 aromatic rings. The first kappa shape index (κ1) is 37.9. The predicted molar refractivity (Wildman–Crippen MR) is 219 cm³/mol. The number of aromatic nitrogens is 4. The standard InChI is InChI=1S/C46H52N6O4/c1-28(2)42(51-46(55)56-3)45(54)52-24-10-17-40(52)44-48-26-38(49-44)31-20-18-30(19-21-31)32-22-23-35(34-14-8-7-13-33(32)34)39-27-47-43(50-39)37-16-9-15-36(37)41(53)25-29-11-5-4-6-12-29/h4-8,11-14,18-23,26-28,36-37,40,42,45-46,51,54-55H,9-10,15-17,24-25H2,1-3H3,(H,47,50)(H,48,49)/t36?,37-,40+,42+,45?,46?/m1/s1. The van der Waals surface area contributed by atoms with Gasteiger partial charge in [0, 0.05) is 37.5 Å². The maximum atomic E-state index is 13.4. The number of rotatable bonds is 14. The predicted octanol–water partition coefficient (Wildman–Crippen LogP) is 7.97. The van der Waals surface area contributed by atoms with Gasteiger partial charge in [-0.2, -0.15) is 0 Å². The highest BCUT2D eigenvalue weighted by Crippen LogP contribution is 2.42. The van der Waals surface area contributed by atoms with Gasteiger partial charge in [0.1, 0.15) is 23.7 Å². The van der Waals surface area contributed by atoms with E-state index in [9.17, 15) is 15.0 Å². The molecule has 0 spiro atoms. The van der Waals surface area contributed by atoms with Crippen LogP contribution in [0.3, 0.4) is 0 Å². The molecule has 2 fully saturated rings. The molecule has 3 unspecified atom stereocenters. The molecule has 8 rings (SSSR count). The third-order valence-electron chi connectivity index (χ3n) is 12.0. The summed E-state index contributed by atoms with van der Waals surface area (Å²) in [5.41, 5.74) is 7.33. The molecule has 0 bridgehead atoms. The number of hydrogen-bond donors (Lipinski definition) is 5. The van der Waals surface area contributed by atoms with Crippen LogP contribution < -0.4 is 5.32 Å². The van der Waals surface area contributed by atoms with Gasteiger partial charge in [-0.1, -0.05) is 111 Å². The van der Waals surface area contributed by atoms with Crippen molar-refractivity contribution in [2.45, 2.75) is 83.0 Å². The van der Waals surface area contributed by atoms with Crippen LogP contribution in [0.4, 0.5) is 0 Å². The lowest BCUT2D eigenvalue weighted by atomic mass is 9.88. The second-order valence-corrected chi connectivity index (χ2v) is 15.8. The number of likely N-dealkylation sites (tertiary alicyclic amines) is 1. The Morgan fingerprint density at radius 3 is 2.21 bits per heavy atom. The van der Waals surface area contributed by atoms with Crippen molar-refractivity contribution in [2.75, 3.05) is 13.7 Å². The number of ketones is 1. The lowest BCUT2D eigenvalue weighted by Crippen LogP contribution is -2.55. The highest BCUT2D eigenvalue weighted by atomic mass is 16.6. The molecule has 1 aliphatic carbocycles. The number of carbonyl (C=O) groups is 1. The number of nitrogens with zero attached hydrogens (tertiary/aromatic N) is 3. The zero-order chi connectivity index (χ0) is 38.8. The van der Waals surface area contributed by atoms with Gasteiger partial charge in [-0.3, -0.25) is 15.0 Å². The average molecular weight is 753 g/mol. The Bertz CT molecular complexity index is 2250. The smallest absolute Gasteiger partial charge is 0.213 e. The van der Waals surface area contributed by atoms with E-state index in [1.165, 1.54) is 7.11 Å². The first-order valence-corrected chi connectivity index (χ1v) is 20.0. The number of nitrogens with one attached hydrogen (secondary N) is 3. The quantitative estimate of drug-likeness (QED) is 0.0707. The van der Waals surface area contributed by atoms with Crippen LogP contribution in [-0.4, -0.2) is 73.2 Å². The minimum absolute atomic E-state index is 0.0166. The number of Topliss-reactive ketones (excluding diaryl/α,β-unsaturated/α-hetero) is 1. The lowest BCUT2D eigenvalue weighted by Gasteiger charge is -2.37. The van der Waals surface area contributed by atoms with Crippen molar-refractivity contribution in [1.82, 2.24) is 30.2 Å². The number of benzene rings is 4. The summed E-state index contributed by atoms with van der Waals surface area (Å²) in [6.07, 6.45) is 7.01. The van der Waals surface area contributed by atoms with E-state index in [2.05, 4.69) is 80.8 Å². The molecule has 1 saturated heterocycles. The van der Waals surface area contributed by atoms with Gasteiger partial charge in [-0.15, -0.1) is 0 Å². The molecule has 6 atom stereocenters. The third kappa shape index (κ3) is 7.72. The van der Waals surface area contributed by atoms with Gasteiger partial charge in [0.2, 0.25) is 6.41 Å². The molecule has 5 N–H and O–H groups in total. The number of hydrogen-bond acceptors (Lipinski definition) is 8. The van der Waals surface area contributed by atoms with Gasteiger partial charge in [0.15, 0.2) is 0 Å². The molecule has 1 saturated carbocycles. The third-order valence-corrected chi connectivity index (χ3v) is 12.0. The molecule has 1 aliphatic heterocycles. The molecular formula is C46H52N6O4. The SMILES string of the molecule is COC(O)N[C@@H](C(C)C)C(O)N1CCC[C@H]1c1ncc(-c2ccc(-c3ccc(-c4cnc([C@@H]5CCCC5C(=O)Cc5ccccc5)[nH]4)c4ccccc34)cc2)[nH]1. The molecule has 56 heavy (non-hydrogen) atoms. The maximum absolute atomic E-state index is 13.4. The van der Waals surface area contributed by atoms with E-state index in [0.29, 0.717) is 12.2 Å². The molecule has 3 heterocycles. The number of aliphatic hydroxyl groups is 2. The van der Waals surface area contributed by atoms with E-state index in [1.54, 1.807) is 0 Å². The highest BCUT2D eigenvalue weighted by molar-refractivity contribution is 6.04. The summed E-state index contributed by atoms with van der Waals surface area (Å²) in [5, 5.41) is 26.8. The number of aromatic amines is 2. The molecule has 10 heteroatoms. The Labute approximate surface area is 328 Å². The van der Waals surface area contributed by atoms with Gasteiger partial charge < -0.3 is 24.9 Å². The van der Waals surface area contributed by atoms with Crippen LogP contribution in [0, 0.1) is 11.8 Å². The number of H-pyrrole nitrogens is 2. The van der Waals surface area contributed by atoms with Crippen LogP contribution in [0.2, 0.25) is 0 Å². The van der Waals surface area contributed by atoms with Gasteiger partial charge in [-0.25, -0.2) is 9.97 Å². The van der Waals surface area contributed by atoms with Crippen molar-refractivity contribution in [1.29, 1.82) is 0 Å². The highest BCUT2D eigenvalue weighted by Gasteiger charge is 2.38. The van der Waals surface area contributed by atoms with E-state index >= 15 is 0 Å². The summed E-state index contributed by atoms with van der Waals surface area (Å²) in [7, 11) is 1.43. The number of ether oxygens (including phenoxy) is 1. The van der Waals surface area contributed by atoms with E-state index in [4.69, 9.17) is 14.7 Å². The summed E-state index contributed by atoms with van der Waals surface area (Å²) in [5.74, 6) is 2.18. The van der Waals surface area contributed by atoms with Crippen molar-refractivity contribution in [3.63, 3.8) is 0 Å². The molecule has 0 radical (unpaired) electrons. The van der Waals surface area contributed by atoms with Crippen LogP contribution in [0.15, 0.2) is 103 Å². The van der Waals surface area contributed by atoms with Crippen molar-refractivity contribution in [3.05, 3.63) is 121 Å². The Morgan fingerprint density at radius 2 is 1.46 bits per heavy atom. The van der Waals surface area contributed by atoms with Gasteiger partial charge in [-0.05, 0) is 64.6 Å². The second kappa shape index (κ2) is 16.6. The largest absolute Gasteiger partial charge is 0.377 e. The first-order valence-electron chi connectivity index (χ1n) is 20.0. The zero-order valence-electron chi connectivity index (χ0n) is 32.4. The lowest BCUT2D eigenvalue weighted by molar-refractivity contribution is -0.132. The summed E-state index contributed by atoms with van der Waals surface area (Å²) in [6, 6.07) is 31.0. The number of methoxy groups -OCH3 is 1. The summed E-state index contributed by atoms with van der Waals surface area (Å²) in [4.78, 5) is 32.3. The van der Waals surface area contributed by atoms with Crippen molar-refractivity contribution in [3.8, 4) is 33.6 Å². The van der Waals surface area contributed by atoms with E-state index in [-0.39, 0.29) is 29.8 Å². The fraction of sp³-hybridized carbons (Fsp3) is 0.370. The Morgan fingerprint density at radius 1 is 0.804 bits per heavy atom. The number of fused-ring (bicyclic) bond motifs is 1. The number of aliphatic hydroxyl groups excluding tert-OH is 2. The number of imidazole rings is 2.